The first kappa shape index (κ1) is 15.2. The van der Waals surface area contributed by atoms with Crippen LogP contribution < -0.4 is 0 Å². The van der Waals surface area contributed by atoms with E-state index < -0.39 is 0 Å². The molecule has 0 aliphatic carbocycles. The highest BCUT2D eigenvalue weighted by Crippen LogP contribution is 2.46. The molecule has 0 atom stereocenters. The van der Waals surface area contributed by atoms with Crippen LogP contribution in [0.2, 0.25) is 0 Å². The molecule has 3 heteroatoms. The second-order valence-corrected chi connectivity index (χ2v) is 5.09. The summed E-state index contributed by atoms with van der Waals surface area (Å²) in [6.45, 7) is 5.85. The molecule has 2 aromatic carbocycles. The fourth-order valence-electron chi connectivity index (χ4n) is 2.96. The Labute approximate surface area is 125 Å². The average molecular weight is 286 g/mol. The summed E-state index contributed by atoms with van der Waals surface area (Å²) >= 11 is 0. The molecule has 0 radical (unpaired) electrons. The van der Waals surface area contributed by atoms with Gasteiger partial charge in [-0.2, -0.15) is 0 Å². The number of hydrogen-bond acceptors (Lipinski definition) is 3. The second-order valence-electron chi connectivity index (χ2n) is 5.09. The predicted molar refractivity (Wildman–Crippen MR) is 85.0 cm³/mol. The van der Waals surface area contributed by atoms with E-state index in [9.17, 15) is 15.3 Å². The van der Waals surface area contributed by atoms with Crippen molar-refractivity contribution in [2.75, 3.05) is 0 Å². The lowest BCUT2D eigenvalue weighted by molar-refractivity contribution is 0.444. The summed E-state index contributed by atoms with van der Waals surface area (Å²) in [6.07, 6.45) is 1.88. The number of para-hydroxylation sites is 1. The third-order valence-corrected chi connectivity index (χ3v) is 3.99. The first-order valence-corrected chi connectivity index (χ1v) is 7.43. The Morgan fingerprint density at radius 3 is 1.76 bits per heavy atom. The molecule has 0 saturated carbocycles. The number of phenolic OH excluding ortho intramolecular Hbond substituents is 3. The molecule has 21 heavy (non-hydrogen) atoms. The van der Waals surface area contributed by atoms with E-state index in [-0.39, 0.29) is 17.2 Å². The molecule has 3 nitrogen and oxygen atoms in total. The van der Waals surface area contributed by atoms with Gasteiger partial charge in [-0.3, -0.25) is 0 Å². The first-order chi connectivity index (χ1) is 10.1. The summed E-state index contributed by atoms with van der Waals surface area (Å²) < 4.78 is 0. The standard InChI is InChI=1S/C18H22O3/c1-4-11-12(5-2)18(21)16(13(6-3)17(11)20)14-9-7-8-10-15(14)19/h7-10,19-21H,4-6H2,1-3H3. The van der Waals surface area contributed by atoms with Crippen LogP contribution in [0.25, 0.3) is 11.1 Å². The first-order valence-electron chi connectivity index (χ1n) is 7.43. The molecule has 3 N–H and O–H groups in total. The molecule has 0 fully saturated rings. The Kier molecular flexibility index (Phi) is 4.41. The number of hydrogen-bond donors (Lipinski definition) is 3. The molecule has 0 aliphatic rings. The smallest absolute Gasteiger partial charge is 0.127 e. The fourth-order valence-corrected chi connectivity index (χ4v) is 2.96. The molecule has 2 aromatic rings. The van der Waals surface area contributed by atoms with Crippen LogP contribution in [-0.4, -0.2) is 15.3 Å². The minimum absolute atomic E-state index is 0.105. The number of aromatic hydroxyl groups is 3. The molecule has 0 aromatic heterocycles. The molecule has 0 unspecified atom stereocenters. The third kappa shape index (κ3) is 2.44. The van der Waals surface area contributed by atoms with E-state index in [2.05, 4.69) is 0 Å². The maximum atomic E-state index is 10.7. The summed E-state index contributed by atoms with van der Waals surface area (Å²) in [7, 11) is 0. The quantitative estimate of drug-likeness (QED) is 0.740. The van der Waals surface area contributed by atoms with E-state index in [1.807, 2.05) is 26.8 Å². The van der Waals surface area contributed by atoms with Crippen LogP contribution >= 0.6 is 0 Å². The summed E-state index contributed by atoms with van der Waals surface area (Å²) in [5, 5.41) is 31.4. The number of phenols is 3. The fraction of sp³-hybridized carbons (Fsp3) is 0.333. The lowest BCUT2D eigenvalue weighted by atomic mass is 9.88. The Bertz CT molecular complexity index is 660. The summed E-state index contributed by atoms with van der Waals surface area (Å²) in [4.78, 5) is 0. The van der Waals surface area contributed by atoms with Gasteiger partial charge in [-0.15, -0.1) is 0 Å². The molecule has 112 valence electrons. The van der Waals surface area contributed by atoms with Crippen molar-refractivity contribution in [2.45, 2.75) is 40.0 Å². The molecular formula is C18H22O3. The van der Waals surface area contributed by atoms with Gasteiger partial charge in [-0.25, -0.2) is 0 Å². The zero-order valence-electron chi connectivity index (χ0n) is 12.8. The van der Waals surface area contributed by atoms with Crippen LogP contribution in [0.3, 0.4) is 0 Å². The molecular weight excluding hydrogens is 264 g/mol. The zero-order valence-corrected chi connectivity index (χ0v) is 12.8. The van der Waals surface area contributed by atoms with Gasteiger partial charge in [0.2, 0.25) is 0 Å². The van der Waals surface area contributed by atoms with Gasteiger partial charge in [0.1, 0.15) is 17.2 Å². The minimum atomic E-state index is 0.105. The maximum Gasteiger partial charge on any atom is 0.127 e. The molecule has 0 heterocycles. The van der Waals surface area contributed by atoms with E-state index in [1.54, 1.807) is 18.2 Å². The Morgan fingerprint density at radius 2 is 1.24 bits per heavy atom. The van der Waals surface area contributed by atoms with Crippen molar-refractivity contribution < 1.29 is 15.3 Å². The van der Waals surface area contributed by atoms with E-state index in [4.69, 9.17) is 0 Å². The van der Waals surface area contributed by atoms with E-state index in [1.165, 1.54) is 0 Å². The highest BCUT2D eigenvalue weighted by molar-refractivity contribution is 5.82. The van der Waals surface area contributed by atoms with Gasteiger partial charge in [0, 0.05) is 27.8 Å². The van der Waals surface area contributed by atoms with Crippen LogP contribution in [0.4, 0.5) is 0 Å². The van der Waals surface area contributed by atoms with Crippen molar-refractivity contribution in [2.24, 2.45) is 0 Å². The van der Waals surface area contributed by atoms with Crippen molar-refractivity contribution >= 4 is 0 Å². The normalized spacial score (nSPS) is 10.8. The van der Waals surface area contributed by atoms with Crippen LogP contribution in [0.5, 0.6) is 17.2 Å². The van der Waals surface area contributed by atoms with Crippen molar-refractivity contribution in [3.8, 4) is 28.4 Å². The highest BCUT2D eigenvalue weighted by atomic mass is 16.3. The summed E-state index contributed by atoms with van der Waals surface area (Å²) in [6, 6.07) is 6.89. The van der Waals surface area contributed by atoms with Crippen molar-refractivity contribution in [1.82, 2.24) is 0 Å². The van der Waals surface area contributed by atoms with Crippen LogP contribution in [0, 0.1) is 0 Å². The van der Waals surface area contributed by atoms with Crippen LogP contribution in [-0.2, 0) is 19.3 Å². The minimum Gasteiger partial charge on any atom is -0.507 e. The van der Waals surface area contributed by atoms with Crippen LogP contribution in [0.15, 0.2) is 24.3 Å². The van der Waals surface area contributed by atoms with Crippen molar-refractivity contribution in [3.63, 3.8) is 0 Å². The largest absolute Gasteiger partial charge is 0.507 e. The molecule has 0 spiro atoms. The average Bonchev–Trinajstić information content (AvgIpc) is 2.49. The van der Waals surface area contributed by atoms with Crippen LogP contribution in [0.1, 0.15) is 37.5 Å². The van der Waals surface area contributed by atoms with Gasteiger partial charge in [0.05, 0.1) is 0 Å². The zero-order chi connectivity index (χ0) is 15.6. The lowest BCUT2D eigenvalue weighted by Crippen LogP contribution is -2.00. The monoisotopic (exact) mass is 286 g/mol. The summed E-state index contributed by atoms with van der Waals surface area (Å²) in [5.74, 6) is 0.520. The second kappa shape index (κ2) is 6.08. The summed E-state index contributed by atoms with van der Waals surface area (Å²) in [5.41, 5.74) is 3.33. The molecule has 2 rings (SSSR count). The van der Waals surface area contributed by atoms with Gasteiger partial charge in [0.15, 0.2) is 0 Å². The maximum absolute atomic E-state index is 10.7. The van der Waals surface area contributed by atoms with Crippen molar-refractivity contribution in [3.05, 3.63) is 41.0 Å². The highest BCUT2D eigenvalue weighted by Gasteiger charge is 2.23. The van der Waals surface area contributed by atoms with E-state index in [0.717, 1.165) is 11.1 Å². The topological polar surface area (TPSA) is 60.7 Å². The van der Waals surface area contributed by atoms with Gasteiger partial charge >= 0.3 is 0 Å². The molecule has 0 aliphatic heterocycles. The number of benzene rings is 2. The molecule has 0 saturated heterocycles. The lowest BCUT2D eigenvalue weighted by Gasteiger charge is -2.20. The van der Waals surface area contributed by atoms with Gasteiger partial charge in [-0.1, -0.05) is 39.0 Å². The van der Waals surface area contributed by atoms with Crippen molar-refractivity contribution in [1.29, 1.82) is 0 Å². The number of rotatable bonds is 4. The Hall–Kier alpha value is -2.16. The Morgan fingerprint density at radius 1 is 0.714 bits per heavy atom. The SMILES string of the molecule is CCc1c(O)c(CC)c(-c2ccccc2O)c(O)c1CC. The Balaban J connectivity index is 2.89. The van der Waals surface area contributed by atoms with Gasteiger partial charge in [0.25, 0.3) is 0 Å². The molecule has 0 bridgehead atoms. The van der Waals surface area contributed by atoms with Gasteiger partial charge in [-0.05, 0) is 25.3 Å². The van der Waals surface area contributed by atoms with E-state index >= 15 is 0 Å². The van der Waals surface area contributed by atoms with E-state index in [0.29, 0.717) is 36.0 Å². The predicted octanol–water partition coefficient (Wildman–Crippen LogP) is 4.16. The third-order valence-electron chi connectivity index (χ3n) is 3.99. The molecule has 0 amide bonds. The van der Waals surface area contributed by atoms with Gasteiger partial charge < -0.3 is 15.3 Å².